The maximum atomic E-state index is 13.1. The number of halogens is 3. The summed E-state index contributed by atoms with van der Waals surface area (Å²) in [6.45, 7) is 4.88. The van der Waals surface area contributed by atoms with Crippen molar-refractivity contribution in [2.24, 2.45) is 13.0 Å². The lowest BCUT2D eigenvalue weighted by Crippen LogP contribution is -2.35. The summed E-state index contributed by atoms with van der Waals surface area (Å²) in [5.41, 5.74) is 2.21. The van der Waals surface area contributed by atoms with Crippen LogP contribution in [0.4, 0.5) is 13.2 Å². The van der Waals surface area contributed by atoms with E-state index in [0.29, 0.717) is 17.9 Å². The number of likely N-dealkylation sites (tertiary alicyclic amines) is 1. The van der Waals surface area contributed by atoms with Crippen molar-refractivity contribution >= 4 is 0 Å². The second-order valence-corrected chi connectivity index (χ2v) is 7.35. The van der Waals surface area contributed by atoms with Gasteiger partial charge >= 0.3 is 6.18 Å². The molecule has 2 aromatic rings. The van der Waals surface area contributed by atoms with Gasteiger partial charge in [0, 0.05) is 31.9 Å². The minimum absolute atomic E-state index is 0.417. The molecule has 0 spiro atoms. The highest BCUT2D eigenvalue weighted by molar-refractivity contribution is 5.29. The van der Waals surface area contributed by atoms with Crippen LogP contribution >= 0.6 is 0 Å². The lowest BCUT2D eigenvalue weighted by Gasteiger charge is -2.32. The molecule has 6 heteroatoms. The van der Waals surface area contributed by atoms with Crippen LogP contribution in [0.15, 0.2) is 30.5 Å². The molecule has 0 bridgehead atoms. The van der Waals surface area contributed by atoms with Gasteiger partial charge in [-0.15, -0.1) is 0 Å². The molecule has 1 aromatic carbocycles. The summed E-state index contributed by atoms with van der Waals surface area (Å²) in [6, 6.07) is 5.96. The van der Waals surface area contributed by atoms with Gasteiger partial charge in [-0.1, -0.05) is 18.2 Å². The molecule has 1 aliphatic rings. The van der Waals surface area contributed by atoms with Crippen molar-refractivity contribution in [3.63, 3.8) is 0 Å². The van der Waals surface area contributed by atoms with Gasteiger partial charge in [0.05, 0.1) is 11.3 Å². The number of hydrogen-bond acceptors (Lipinski definition) is 2. The first kappa shape index (κ1) is 19.0. The third kappa shape index (κ3) is 4.67. The Kier molecular flexibility index (Phi) is 5.70. The Morgan fingerprint density at radius 1 is 1.19 bits per heavy atom. The van der Waals surface area contributed by atoms with Gasteiger partial charge in [-0.3, -0.25) is 9.58 Å². The van der Waals surface area contributed by atoms with E-state index < -0.39 is 11.7 Å². The highest BCUT2D eigenvalue weighted by Crippen LogP contribution is 2.33. The average molecular weight is 365 g/mol. The number of piperidine rings is 1. The van der Waals surface area contributed by atoms with E-state index in [0.717, 1.165) is 44.6 Å². The van der Waals surface area contributed by atoms with Crippen LogP contribution in [0.5, 0.6) is 0 Å². The predicted octanol–water partition coefficient (Wildman–Crippen LogP) is 4.59. The molecule has 1 aliphatic heterocycles. The summed E-state index contributed by atoms with van der Waals surface area (Å²) in [4.78, 5) is 2.41. The second kappa shape index (κ2) is 7.82. The quantitative estimate of drug-likeness (QED) is 0.773. The minimum atomic E-state index is -4.27. The topological polar surface area (TPSA) is 21.1 Å². The third-order valence-corrected chi connectivity index (χ3v) is 5.26. The van der Waals surface area contributed by atoms with Crippen molar-refractivity contribution in [3.05, 3.63) is 52.8 Å². The summed E-state index contributed by atoms with van der Waals surface area (Å²) < 4.78 is 41.3. The molecule has 0 unspecified atom stereocenters. The molecule has 2 heterocycles. The Bertz CT molecular complexity index is 736. The molecule has 1 fully saturated rings. The molecule has 0 amide bonds. The molecule has 1 aromatic heterocycles. The highest BCUT2D eigenvalue weighted by Gasteiger charge is 2.33. The molecule has 0 aliphatic carbocycles. The first-order valence-electron chi connectivity index (χ1n) is 9.19. The first-order valence-corrected chi connectivity index (χ1v) is 9.19. The van der Waals surface area contributed by atoms with Crippen molar-refractivity contribution in [1.82, 2.24) is 14.7 Å². The van der Waals surface area contributed by atoms with Crippen LogP contribution in [0.25, 0.3) is 0 Å². The van der Waals surface area contributed by atoms with Gasteiger partial charge in [-0.2, -0.15) is 18.3 Å². The number of aryl methyl sites for hydroxylation is 3. The predicted molar refractivity (Wildman–Crippen MR) is 95.7 cm³/mol. The second-order valence-electron chi connectivity index (χ2n) is 7.35. The average Bonchev–Trinajstić information content (AvgIpc) is 2.90. The highest BCUT2D eigenvalue weighted by atomic mass is 19.4. The Morgan fingerprint density at radius 2 is 1.96 bits per heavy atom. The number of benzene rings is 1. The summed E-state index contributed by atoms with van der Waals surface area (Å²) >= 11 is 0. The largest absolute Gasteiger partial charge is 0.416 e. The number of aromatic nitrogens is 2. The maximum Gasteiger partial charge on any atom is 0.416 e. The van der Waals surface area contributed by atoms with Crippen LogP contribution in [-0.4, -0.2) is 27.8 Å². The van der Waals surface area contributed by atoms with E-state index in [4.69, 9.17) is 0 Å². The van der Waals surface area contributed by atoms with Crippen LogP contribution in [0.3, 0.4) is 0 Å². The fourth-order valence-corrected chi connectivity index (χ4v) is 3.95. The molecule has 26 heavy (non-hydrogen) atoms. The van der Waals surface area contributed by atoms with Gasteiger partial charge in [0.15, 0.2) is 0 Å². The maximum absolute atomic E-state index is 13.1. The Labute approximate surface area is 152 Å². The van der Waals surface area contributed by atoms with Crippen LogP contribution in [-0.2, 0) is 26.2 Å². The molecule has 1 atom stereocenters. The third-order valence-electron chi connectivity index (χ3n) is 5.26. The number of nitrogens with zero attached hydrogens (tertiary/aromatic N) is 3. The number of hydrogen-bond donors (Lipinski definition) is 0. The first-order chi connectivity index (χ1) is 12.3. The molecular weight excluding hydrogens is 339 g/mol. The van der Waals surface area contributed by atoms with Crippen molar-refractivity contribution in [1.29, 1.82) is 0 Å². The van der Waals surface area contributed by atoms with E-state index in [2.05, 4.69) is 16.2 Å². The molecule has 0 radical (unpaired) electrons. The van der Waals surface area contributed by atoms with E-state index in [1.165, 1.54) is 17.7 Å². The smallest absolute Gasteiger partial charge is 0.299 e. The van der Waals surface area contributed by atoms with Crippen LogP contribution in [0.2, 0.25) is 0 Å². The summed E-state index contributed by atoms with van der Waals surface area (Å²) in [5, 5.41) is 4.39. The molecule has 3 rings (SSSR count). The lowest BCUT2D eigenvalue weighted by molar-refractivity contribution is -0.138. The fraction of sp³-hybridized carbons (Fsp3) is 0.550. The van der Waals surface area contributed by atoms with Crippen molar-refractivity contribution in [2.45, 2.75) is 45.3 Å². The standard InChI is InChI=1S/C20H26F3N3/c1-15-18(13-25(2)24-15)14-26-11-5-6-16(12-26)9-10-17-7-3-4-8-19(17)20(21,22)23/h3-4,7-8,13,16H,5-6,9-12,14H2,1-2H3/t16-/m1/s1. The molecule has 1 saturated heterocycles. The van der Waals surface area contributed by atoms with Gasteiger partial charge < -0.3 is 0 Å². The molecular formula is C20H26F3N3. The molecule has 0 N–H and O–H groups in total. The summed E-state index contributed by atoms with van der Waals surface area (Å²) in [6.07, 6.45) is 1.27. The van der Waals surface area contributed by atoms with E-state index in [9.17, 15) is 13.2 Å². The van der Waals surface area contributed by atoms with Gasteiger partial charge in [0.2, 0.25) is 0 Å². The number of alkyl halides is 3. The fourth-order valence-electron chi connectivity index (χ4n) is 3.95. The van der Waals surface area contributed by atoms with Crippen LogP contribution in [0, 0.1) is 12.8 Å². The zero-order chi connectivity index (χ0) is 18.7. The zero-order valence-electron chi connectivity index (χ0n) is 15.4. The normalized spacial score (nSPS) is 19.0. The SMILES string of the molecule is Cc1nn(C)cc1CN1CCC[C@H](CCc2ccccc2C(F)(F)F)C1. The van der Waals surface area contributed by atoms with E-state index in [-0.39, 0.29) is 0 Å². The van der Waals surface area contributed by atoms with E-state index >= 15 is 0 Å². The van der Waals surface area contributed by atoms with E-state index in [1.54, 1.807) is 12.1 Å². The zero-order valence-corrected chi connectivity index (χ0v) is 15.4. The van der Waals surface area contributed by atoms with Crippen molar-refractivity contribution in [3.8, 4) is 0 Å². The van der Waals surface area contributed by atoms with E-state index in [1.807, 2.05) is 18.7 Å². The lowest BCUT2D eigenvalue weighted by atomic mass is 9.90. The Hall–Kier alpha value is -1.82. The monoisotopic (exact) mass is 365 g/mol. The van der Waals surface area contributed by atoms with Crippen LogP contribution in [0.1, 0.15) is 41.6 Å². The van der Waals surface area contributed by atoms with Crippen molar-refractivity contribution in [2.75, 3.05) is 13.1 Å². The summed E-state index contributed by atoms with van der Waals surface area (Å²) in [7, 11) is 1.92. The molecule has 3 nitrogen and oxygen atoms in total. The van der Waals surface area contributed by atoms with Gasteiger partial charge in [0.25, 0.3) is 0 Å². The van der Waals surface area contributed by atoms with Gasteiger partial charge in [0.1, 0.15) is 0 Å². The van der Waals surface area contributed by atoms with Crippen LogP contribution < -0.4 is 0 Å². The van der Waals surface area contributed by atoms with Gasteiger partial charge in [-0.05, 0) is 56.7 Å². The molecule has 142 valence electrons. The minimum Gasteiger partial charge on any atom is -0.299 e. The van der Waals surface area contributed by atoms with Gasteiger partial charge in [-0.25, -0.2) is 0 Å². The summed E-state index contributed by atoms with van der Waals surface area (Å²) in [5.74, 6) is 0.446. The number of rotatable bonds is 5. The Morgan fingerprint density at radius 3 is 2.65 bits per heavy atom. The van der Waals surface area contributed by atoms with Crippen molar-refractivity contribution < 1.29 is 13.2 Å². The Balaban J connectivity index is 1.59. The molecule has 0 saturated carbocycles.